The van der Waals surface area contributed by atoms with Crippen molar-refractivity contribution < 1.29 is 0 Å². The van der Waals surface area contributed by atoms with Crippen LogP contribution >= 0.6 is 46.0 Å². The molecule has 1 N–H and O–H groups in total. The highest BCUT2D eigenvalue weighted by molar-refractivity contribution is 7.99. The maximum Gasteiger partial charge on any atom is 0.0931 e. The summed E-state index contributed by atoms with van der Waals surface area (Å²) in [6.07, 6.45) is 2.15. The molecule has 0 saturated heterocycles. The van der Waals surface area contributed by atoms with Crippen LogP contribution < -0.4 is 5.32 Å². The summed E-state index contributed by atoms with van der Waals surface area (Å²) in [7, 11) is 0. The Balaban J connectivity index is 2.13. The van der Waals surface area contributed by atoms with Crippen LogP contribution in [-0.4, -0.2) is 18.1 Å². The molecule has 0 amide bonds. The van der Waals surface area contributed by atoms with Crippen molar-refractivity contribution in [3.05, 3.63) is 43.7 Å². The molecule has 1 nitrogen and oxygen atoms in total. The standard InChI is InChI=1S/C13H16ClNS3/c1-9(16-2)8-15-13(10-4-3-7-17-10)11-5-6-12(14)18-11/h3-7,9,13,15H,8H2,1-2H3. The maximum atomic E-state index is 6.05. The lowest BCUT2D eigenvalue weighted by Gasteiger charge is -2.18. The van der Waals surface area contributed by atoms with Gasteiger partial charge in [0.05, 0.1) is 10.4 Å². The Morgan fingerprint density at radius 2 is 2.17 bits per heavy atom. The van der Waals surface area contributed by atoms with E-state index in [2.05, 4.69) is 42.1 Å². The molecular formula is C13H16ClNS3. The molecule has 0 aliphatic carbocycles. The topological polar surface area (TPSA) is 12.0 Å². The lowest BCUT2D eigenvalue weighted by atomic mass is 10.2. The van der Waals surface area contributed by atoms with Crippen molar-refractivity contribution in [1.82, 2.24) is 5.32 Å². The number of hydrogen-bond donors (Lipinski definition) is 1. The molecule has 5 heteroatoms. The Kier molecular flexibility index (Phi) is 5.57. The minimum Gasteiger partial charge on any atom is -0.304 e. The van der Waals surface area contributed by atoms with E-state index in [1.807, 2.05) is 17.8 Å². The van der Waals surface area contributed by atoms with Crippen LogP contribution in [0, 0.1) is 0 Å². The molecule has 2 unspecified atom stereocenters. The highest BCUT2D eigenvalue weighted by Crippen LogP contribution is 2.33. The second kappa shape index (κ2) is 6.96. The molecule has 2 heterocycles. The third-order valence-electron chi connectivity index (χ3n) is 2.72. The van der Waals surface area contributed by atoms with Crippen LogP contribution in [0.4, 0.5) is 0 Å². The van der Waals surface area contributed by atoms with Gasteiger partial charge in [-0.1, -0.05) is 24.6 Å². The van der Waals surface area contributed by atoms with Gasteiger partial charge in [-0.25, -0.2) is 0 Å². The van der Waals surface area contributed by atoms with E-state index >= 15 is 0 Å². The summed E-state index contributed by atoms with van der Waals surface area (Å²) >= 11 is 11.4. The Hall–Kier alpha value is -0.0000000000000000278. The zero-order valence-electron chi connectivity index (χ0n) is 10.4. The van der Waals surface area contributed by atoms with Gasteiger partial charge in [-0.2, -0.15) is 11.8 Å². The van der Waals surface area contributed by atoms with E-state index in [0.29, 0.717) is 5.25 Å². The second-order valence-corrected chi connectivity index (χ2v) is 8.05. The normalized spacial score (nSPS) is 14.6. The summed E-state index contributed by atoms with van der Waals surface area (Å²) in [4.78, 5) is 2.64. The van der Waals surface area contributed by atoms with Crippen LogP contribution in [0.1, 0.15) is 22.7 Å². The fraction of sp³-hybridized carbons (Fsp3) is 0.385. The van der Waals surface area contributed by atoms with Gasteiger partial charge in [-0.3, -0.25) is 0 Å². The van der Waals surface area contributed by atoms with Crippen LogP contribution in [-0.2, 0) is 0 Å². The first-order valence-corrected chi connectivity index (χ1v) is 9.11. The predicted molar refractivity (Wildman–Crippen MR) is 86.5 cm³/mol. The van der Waals surface area contributed by atoms with Gasteiger partial charge in [0, 0.05) is 21.5 Å². The Bertz CT molecular complexity index is 466. The van der Waals surface area contributed by atoms with Crippen LogP contribution in [0.5, 0.6) is 0 Å². The summed E-state index contributed by atoms with van der Waals surface area (Å²) in [6.45, 7) is 3.24. The van der Waals surface area contributed by atoms with Crippen molar-refractivity contribution in [2.24, 2.45) is 0 Å². The number of thioether (sulfide) groups is 1. The zero-order valence-corrected chi connectivity index (χ0v) is 13.6. The molecule has 0 spiro atoms. The SMILES string of the molecule is CSC(C)CNC(c1cccs1)c1ccc(Cl)s1. The summed E-state index contributed by atoms with van der Waals surface area (Å²) in [5.74, 6) is 0. The molecule has 0 saturated carbocycles. The Labute approximate surface area is 126 Å². The number of nitrogens with one attached hydrogen (secondary N) is 1. The second-order valence-electron chi connectivity index (χ2n) is 4.04. The van der Waals surface area contributed by atoms with Crippen LogP contribution in [0.15, 0.2) is 29.6 Å². The first-order valence-electron chi connectivity index (χ1n) is 5.75. The van der Waals surface area contributed by atoms with Gasteiger partial charge in [0.1, 0.15) is 0 Å². The van der Waals surface area contributed by atoms with Gasteiger partial charge in [-0.05, 0) is 29.8 Å². The number of hydrogen-bond acceptors (Lipinski definition) is 4. The Morgan fingerprint density at radius 3 is 2.72 bits per heavy atom. The smallest absolute Gasteiger partial charge is 0.0931 e. The molecule has 98 valence electrons. The maximum absolute atomic E-state index is 6.05. The number of halogens is 1. The highest BCUT2D eigenvalue weighted by Gasteiger charge is 2.17. The van der Waals surface area contributed by atoms with Crippen LogP contribution in [0.2, 0.25) is 4.34 Å². The molecule has 2 aromatic heterocycles. The third-order valence-corrected chi connectivity index (χ3v) is 5.92. The first kappa shape index (κ1) is 14.4. The minimum atomic E-state index is 0.275. The molecule has 2 aromatic rings. The van der Waals surface area contributed by atoms with Crippen molar-refractivity contribution >= 4 is 46.0 Å². The molecule has 0 aliphatic heterocycles. The van der Waals surface area contributed by atoms with Gasteiger partial charge in [0.15, 0.2) is 0 Å². The molecule has 2 atom stereocenters. The molecule has 0 aliphatic rings. The summed E-state index contributed by atoms with van der Waals surface area (Å²) in [5, 5.41) is 6.38. The van der Waals surface area contributed by atoms with Gasteiger partial charge < -0.3 is 5.32 Å². The van der Waals surface area contributed by atoms with E-state index in [-0.39, 0.29) is 6.04 Å². The van der Waals surface area contributed by atoms with Crippen molar-refractivity contribution in [2.75, 3.05) is 12.8 Å². The van der Waals surface area contributed by atoms with Gasteiger partial charge in [0.25, 0.3) is 0 Å². The zero-order chi connectivity index (χ0) is 13.0. The minimum absolute atomic E-state index is 0.275. The Morgan fingerprint density at radius 1 is 1.33 bits per heavy atom. The van der Waals surface area contributed by atoms with Crippen molar-refractivity contribution in [3.8, 4) is 0 Å². The van der Waals surface area contributed by atoms with Crippen molar-refractivity contribution in [1.29, 1.82) is 0 Å². The third kappa shape index (κ3) is 3.75. The van der Waals surface area contributed by atoms with Crippen molar-refractivity contribution in [2.45, 2.75) is 18.2 Å². The van der Waals surface area contributed by atoms with Gasteiger partial charge in [-0.15, -0.1) is 22.7 Å². The van der Waals surface area contributed by atoms with Gasteiger partial charge >= 0.3 is 0 Å². The van der Waals surface area contributed by atoms with E-state index in [1.165, 1.54) is 9.75 Å². The fourth-order valence-electron chi connectivity index (χ4n) is 1.65. The predicted octanol–water partition coefficient (Wildman–Crippen LogP) is 4.89. The molecule has 0 bridgehead atoms. The molecule has 18 heavy (non-hydrogen) atoms. The monoisotopic (exact) mass is 317 g/mol. The van der Waals surface area contributed by atoms with E-state index < -0.39 is 0 Å². The van der Waals surface area contributed by atoms with E-state index in [9.17, 15) is 0 Å². The van der Waals surface area contributed by atoms with E-state index in [0.717, 1.165) is 10.9 Å². The molecule has 2 rings (SSSR count). The summed E-state index contributed by atoms with van der Waals surface area (Å²) in [6, 6.07) is 8.65. The molecule has 0 fully saturated rings. The van der Waals surface area contributed by atoms with Crippen LogP contribution in [0.3, 0.4) is 0 Å². The number of rotatable bonds is 6. The van der Waals surface area contributed by atoms with Crippen molar-refractivity contribution in [3.63, 3.8) is 0 Å². The average molecular weight is 318 g/mol. The average Bonchev–Trinajstić information content (AvgIpc) is 3.01. The van der Waals surface area contributed by atoms with Gasteiger partial charge in [0.2, 0.25) is 0 Å². The summed E-state index contributed by atoms with van der Waals surface area (Å²) in [5.41, 5.74) is 0. The first-order chi connectivity index (χ1) is 8.70. The quantitative estimate of drug-likeness (QED) is 0.813. The molecule has 0 radical (unpaired) electrons. The highest BCUT2D eigenvalue weighted by atomic mass is 35.5. The van der Waals surface area contributed by atoms with E-state index in [4.69, 9.17) is 11.6 Å². The summed E-state index contributed by atoms with van der Waals surface area (Å²) < 4.78 is 0.853. The van der Waals surface area contributed by atoms with E-state index in [1.54, 1.807) is 22.7 Å². The fourth-order valence-corrected chi connectivity index (χ4v) is 3.96. The molecular weight excluding hydrogens is 302 g/mol. The van der Waals surface area contributed by atoms with Crippen LogP contribution in [0.25, 0.3) is 0 Å². The number of thiophene rings is 2. The largest absolute Gasteiger partial charge is 0.304 e. The lowest BCUT2D eigenvalue weighted by Crippen LogP contribution is -2.27. The lowest BCUT2D eigenvalue weighted by molar-refractivity contribution is 0.620. The molecule has 0 aromatic carbocycles.